The molecule has 0 aromatic heterocycles. The predicted molar refractivity (Wildman–Crippen MR) is 82.8 cm³/mol. The molecule has 1 aliphatic heterocycles. The van der Waals surface area contributed by atoms with E-state index < -0.39 is 7.12 Å². The van der Waals surface area contributed by atoms with Gasteiger partial charge in [-0.1, -0.05) is 19.1 Å². The standard InChI is InChI=1S/C15H24BNO4/c1-3-14-11-21-12(2)10-17(14)7-8-20-15-6-4-5-13(9-15)16(18)19/h4-6,9,12,14,18-19H,3,7-8,10-11H2,1-2H3. The molecule has 0 amide bonds. The van der Waals surface area contributed by atoms with Crippen LogP contribution in [-0.2, 0) is 4.74 Å². The molecule has 1 aromatic rings. The van der Waals surface area contributed by atoms with E-state index in [9.17, 15) is 0 Å². The molecule has 1 aromatic carbocycles. The largest absolute Gasteiger partial charge is 0.492 e. The van der Waals surface area contributed by atoms with Gasteiger partial charge in [0.2, 0.25) is 0 Å². The number of rotatable bonds is 6. The smallest absolute Gasteiger partial charge is 0.488 e. The maximum atomic E-state index is 9.15. The molecule has 0 saturated carbocycles. The minimum Gasteiger partial charge on any atom is -0.492 e. The van der Waals surface area contributed by atoms with Crippen LogP contribution in [0, 0.1) is 0 Å². The summed E-state index contributed by atoms with van der Waals surface area (Å²) in [7, 11) is -1.46. The molecule has 1 saturated heterocycles. The van der Waals surface area contributed by atoms with Crippen LogP contribution >= 0.6 is 0 Å². The lowest BCUT2D eigenvalue weighted by Crippen LogP contribution is -2.49. The number of hydrogen-bond acceptors (Lipinski definition) is 5. The molecule has 0 radical (unpaired) electrons. The van der Waals surface area contributed by atoms with Gasteiger partial charge >= 0.3 is 7.12 Å². The van der Waals surface area contributed by atoms with Crippen LogP contribution < -0.4 is 10.2 Å². The van der Waals surface area contributed by atoms with Crippen LogP contribution in [0.3, 0.4) is 0 Å². The minimum atomic E-state index is -1.46. The zero-order chi connectivity index (χ0) is 15.2. The van der Waals surface area contributed by atoms with Gasteiger partial charge in [-0.3, -0.25) is 4.90 Å². The Hall–Kier alpha value is -1.08. The molecule has 1 fully saturated rings. The Kier molecular flexibility index (Phi) is 6.05. The topological polar surface area (TPSA) is 62.2 Å². The first-order chi connectivity index (χ1) is 10.1. The third kappa shape index (κ3) is 4.71. The highest BCUT2D eigenvalue weighted by Gasteiger charge is 2.25. The van der Waals surface area contributed by atoms with Crippen LogP contribution in [0.1, 0.15) is 20.3 Å². The second-order valence-corrected chi connectivity index (χ2v) is 5.50. The number of morpholine rings is 1. The molecule has 2 atom stereocenters. The van der Waals surface area contributed by atoms with E-state index in [4.69, 9.17) is 19.5 Å². The second-order valence-electron chi connectivity index (χ2n) is 5.50. The normalized spacial score (nSPS) is 23.0. The average molecular weight is 293 g/mol. The molecule has 5 nitrogen and oxygen atoms in total. The Morgan fingerprint density at radius 1 is 1.43 bits per heavy atom. The summed E-state index contributed by atoms with van der Waals surface area (Å²) >= 11 is 0. The van der Waals surface area contributed by atoms with Gasteiger partial charge in [0.25, 0.3) is 0 Å². The zero-order valence-electron chi connectivity index (χ0n) is 12.7. The van der Waals surface area contributed by atoms with Crippen molar-refractivity contribution in [2.45, 2.75) is 32.4 Å². The minimum absolute atomic E-state index is 0.265. The Labute approximate surface area is 126 Å². The van der Waals surface area contributed by atoms with E-state index in [0.29, 0.717) is 23.9 Å². The molecule has 0 bridgehead atoms. The molecule has 0 spiro atoms. The molecular formula is C15H24BNO4. The van der Waals surface area contributed by atoms with E-state index >= 15 is 0 Å². The van der Waals surface area contributed by atoms with E-state index in [0.717, 1.165) is 26.1 Å². The lowest BCUT2D eigenvalue weighted by atomic mass is 9.80. The number of nitrogens with zero attached hydrogens (tertiary/aromatic N) is 1. The molecule has 0 aliphatic carbocycles. The number of ether oxygens (including phenoxy) is 2. The van der Waals surface area contributed by atoms with Crippen LogP contribution in [0.4, 0.5) is 0 Å². The van der Waals surface area contributed by atoms with Gasteiger partial charge in [-0.2, -0.15) is 0 Å². The van der Waals surface area contributed by atoms with Crippen molar-refractivity contribution in [2.24, 2.45) is 0 Å². The first-order valence-electron chi connectivity index (χ1n) is 7.54. The van der Waals surface area contributed by atoms with Crippen molar-refractivity contribution in [3.63, 3.8) is 0 Å². The molecule has 116 valence electrons. The fourth-order valence-corrected chi connectivity index (χ4v) is 2.61. The molecule has 21 heavy (non-hydrogen) atoms. The summed E-state index contributed by atoms with van der Waals surface area (Å²) in [6.07, 6.45) is 1.33. The molecule has 2 unspecified atom stereocenters. The lowest BCUT2D eigenvalue weighted by Gasteiger charge is -2.38. The monoisotopic (exact) mass is 293 g/mol. The maximum Gasteiger partial charge on any atom is 0.488 e. The summed E-state index contributed by atoms with van der Waals surface area (Å²) in [4.78, 5) is 2.40. The molecule has 2 rings (SSSR count). The molecule has 6 heteroatoms. The average Bonchev–Trinajstić information content (AvgIpc) is 2.48. The highest BCUT2D eigenvalue weighted by Crippen LogP contribution is 2.14. The summed E-state index contributed by atoms with van der Waals surface area (Å²) in [5.41, 5.74) is 0.443. The third-order valence-corrected chi connectivity index (χ3v) is 3.86. The molecular weight excluding hydrogens is 269 g/mol. The molecule has 1 aliphatic rings. The Morgan fingerprint density at radius 3 is 2.95 bits per heavy atom. The molecule has 2 N–H and O–H groups in total. The van der Waals surface area contributed by atoms with Crippen LogP contribution in [0.2, 0.25) is 0 Å². The van der Waals surface area contributed by atoms with E-state index in [1.807, 2.05) is 6.07 Å². The van der Waals surface area contributed by atoms with Gasteiger partial charge in [0.1, 0.15) is 12.4 Å². The summed E-state index contributed by atoms with van der Waals surface area (Å²) in [6.45, 7) is 7.39. The fraction of sp³-hybridized carbons (Fsp3) is 0.600. The number of benzene rings is 1. The fourth-order valence-electron chi connectivity index (χ4n) is 2.61. The predicted octanol–water partition coefficient (Wildman–Crippen LogP) is 0.245. The van der Waals surface area contributed by atoms with Crippen molar-refractivity contribution >= 4 is 12.6 Å². The van der Waals surface area contributed by atoms with E-state index in [-0.39, 0.29) is 6.10 Å². The maximum absolute atomic E-state index is 9.15. The van der Waals surface area contributed by atoms with Gasteiger partial charge in [0.15, 0.2) is 0 Å². The summed E-state index contributed by atoms with van der Waals surface area (Å²) < 4.78 is 11.4. The first-order valence-corrected chi connectivity index (χ1v) is 7.54. The van der Waals surface area contributed by atoms with Crippen molar-refractivity contribution in [3.05, 3.63) is 24.3 Å². The van der Waals surface area contributed by atoms with Gasteiger partial charge < -0.3 is 19.5 Å². The Balaban J connectivity index is 1.84. The highest BCUT2D eigenvalue weighted by molar-refractivity contribution is 6.58. The Morgan fingerprint density at radius 2 is 2.24 bits per heavy atom. The van der Waals surface area contributed by atoms with Crippen LogP contribution in [-0.4, -0.2) is 60.5 Å². The van der Waals surface area contributed by atoms with Crippen molar-refractivity contribution < 1.29 is 19.5 Å². The zero-order valence-corrected chi connectivity index (χ0v) is 12.7. The van der Waals surface area contributed by atoms with Gasteiger partial charge in [0, 0.05) is 19.1 Å². The van der Waals surface area contributed by atoms with Crippen molar-refractivity contribution in [1.29, 1.82) is 0 Å². The second kappa shape index (κ2) is 7.80. The van der Waals surface area contributed by atoms with E-state index in [2.05, 4.69) is 18.7 Å². The Bertz CT molecular complexity index is 443. The van der Waals surface area contributed by atoms with Crippen molar-refractivity contribution in [3.8, 4) is 5.75 Å². The highest BCUT2D eigenvalue weighted by atomic mass is 16.5. The molecule has 1 heterocycles. The number of hydrogen-bond donors (Lipinski definition) is 2. The quantitative estimate of drug-likeness (QED) is 0.736. The van der Waals surface area contributed by atoms with Gasteiger partial charge in [-0.05, 0) is 30.9 Å². The summed E-state index contributed by atoms with van der Waals surface area (Å²) in [6, 6.07) is 7.36. The summed E-state index contributed by atoms with van der Waals surface area (Å²) in [5.74, 6) is 0.662. The van der Waals surface area contributed by atoms with Crippen LogP contribution in [0.25, 0.3) is 0 Å². The van der Waals surface area contributed by atoms with E-state index in [1.54, 1.807) is 18.2 Å². The van der Waals surface area contributed by atoms with Gasteiger partial charge in [0.05, 0.1) is 12.7 Å². The SMILES string of the molecule is CCC1COC(C)CN1CCOc1cccc(B(O)O)c1. The van der Waals surface area contributed by atoms with Crippen LogP contribution in [0.15, 0.2) is 24.3 Å². The lowest BCUT2D eigenvalue weighted by molar-refractivity contribution is -0.0586. The third-order valence-electron chi connectivity index (χ3n) is 3.86. The summed E-state index contributed by atoms with van der Waals surface area (Å²) in [5, 5.41) is 18.3. The van der Waals surface area contributed by atoms with E-state index in [1.165, 1.54) is 0 Å². The van der Waals surface area contributed by atoms with Crippen molar-refractivity contribution in [2.75, 3.05) is 26.3 Å². The van der Waals surface area contributed by atoms with Crippen molar-refractivity contribution in [1.82, 2.24) is 4.90 Å². The van der Waals surface area contributed by atoms with Gasteiger partial charge in [-0.15, -0.1) is 0 Å². The van der Waals surface area contributed by atoms with Gasteiger partial charge in [-0.25, -0.2) is 0 Å². The van der Waals surface area contributed by atoms with Crippen LogP contribution in [0.5, 0.6) is 5.75 Å². The first kappa shape index (κ1) is 16.3.